The first kappa shape index (κ1) is 11.0. The molecule has 0 bridgehead atoms. The number of ketones is 2. The predicted molar refractivity (Wildman–Crippen MR) is 71.0 cm³/mol. The van der Waals surface area contributed by atoms with Gasteiger partial charge in [-0.25, -0.2) is 0 Å². The van der Waals surface area contributed by atoms with Gasteiger partial charge in [-0.15, -0.1) is 0 Å². The number of hydrogen-bond acceptors (Lipinski definition) is 3. The lowest BCUT2D eigenvalue weighted by Gasteiger charge is -2.26. The van der Waals surface area contributed by atoms with E-state index in [0.29, 0.717) is 22.9 Å². The van der Waals surface area contributed by atoms with E-state index in [1.807, 2.05) is 12.1 Å². The van der Waals surface area contributed by atoms with Crippen LogP contribution in [0, 0.1) is 5.92 Å². The fraction of sp³-hybridized carbons (Fsp3) is 0.375. The van der Waals surface area contributed by atoms with Crippen molar-refractivity contribution in [1.29, 1.82) is 0 Å². The fourth-order valence-corrected chi connectivity index (χ4v) is 3.73. The lowest BCUT2D eigenvalue weighted by Crippen LogP contribution is -2.32. The summed E-state index contributed by atoms with van der Waals surface area (Å²) in [7, 11) is 0. The molecule has 2 aliphatic carbocycles. The first-order valence-corrected chi connectivity index (χ1v) is 6.96. The van der Waals surface area contributed by atoms with E-state index in [-0.39, 0.29) is 17.5 Å². The van der Waals surface area contributed by atoms with Crippen molar-refractivity contribution in [2.24, 2.45) is 5.92 Å². The van der Waals surface area contributed by atoms with E-state index < -0.39 is 0 Å². The Morgan fingerprint density at radius 1 is 0.947 bits per heavy atom. The Kier molecular flexibility index (Phi) is 2.19. The minimum absolute atomic E-state index is 0.000370. The van der Waals surface area contributed by atoms with Crippen LogP contribution in [0.4, 0.5) is 0 Å². The second-order valence-electron chi connectivity index (χ2n) is 5.63. The number of carbonyl (C=O) groups is 2. The number of Topliss-reactive ketones (excluding diaryl/α,β-unsaturated/α-hetero) is 2. The summed E-state index contributed by atoms with van der Waals surface area (Å²) in [6.07, 6.45) is 4.43. The number of allylic oxidation sites excluding steroid dienone is 1. The van der Waals surface area contributed by atoms with E-state index in [0.717, 1.165) is 24.8 Å². The maximum Gasteiger partial charge on any atom is 0.210 e. The van der Waals surface area contributed by atoms with Crippen LogP contribution in [0.1, 0.15) is 46.4 Å². The highest BCUT2D eigenvalue weighted by atomic mass is 16.1. The SMILES string of the molecule is O=C1C2=C(C(=O)c3ccccc31)[C@@H]1CCCC[C@H]1N2. The molecule has 0 saturated heterocycles. The molecule has 2 atom stereocenters. The molecule has 3 aliphatic rings. The van der Waals surface area contributed by atoms with E-state index in [1.165, 1.54) is 6.42 Å². The lowest BCUT2D eigenvalue weighted by molar-refractivity contribution is 0.0968. The van der Waals surface area contributed by atoms with E-state index in [4.69, 9.17) is 0 Å². The summed E-state index contributed by atoms with van der Waals surface area (Å²) in [6, 6.07) is 7.47. The molecule has 0 aromatic heterocycles. The second kappa shape index (κ2) is 3.80. The first-order valence-electron chi connectivity index (χ1n) is 6.96. The standard InChI is InChI=1S/C16H15NO2/c18-15-9-5-1-2-6-10(9)16(19)14-13(15)11-7-3-4-8-12(11)17-14/h1-2,5-6,11-12,17H,3-4,7-8H2/t11-,12-/m1/s1. The van der Waals surface area contributed by atoms with Gasteiger partial charge in [0.25, 0.3) is 0 Å². The van der Waals surface area contributed by atoms with Crippen LogP contribution >= 0.6 is 0 Å². The highest BCUT2D eigenvalue weighted by Crippen LogP contribution is 2.41. The highest BCUT2D eigenvalue weighted by Gasteiger charge is 2.44. The molecule has 1 fully saturated rings. The molecule has 3 nitrogen and oxygen atoms in total. The first-order chi connectivity index (χ1) is 9.27. The molecule has 0 unspecified atom stereocenters. The third-order valence-electron chi connectivity index (χ3n) is 4.62. The minimum Gasteiger partial charge on any atom is -0.378 e. The minimum atomic E-state index is -0.000370. The quantitative estimate of drug-likeness (QED) is 0.772. The second-order valence-corrected chi connectivity index (χ2v) is 5.63. The van der Waals surface area contributed by atoms with Crippen molar-refractivity contribution < 1.29 is 9.59 Å². The summed E-state index contributed by atoms with van der Waals surface area (Å²) in [5, 5.41) is 3.33. The third kappa shape index (κ3) is 1.38. The van der Waals surface area contributed by atoms with Gasteiger partial charge in [-0.3, -0.25) is 9.59 Å². The number of carbonyl (C=O) groups excluding carboxylic acids is 2. The van der Waals surface area contributed by atoms with Crippen LogP contribution in [0.25, 0.3) is 0 Å². The molecule has 0 spiro atoms. The average molecular weight is 253 g/mol. The molecule has 1 aromatic rings. The maximum atomic E-state index is 12.6. The van der Waals surface area contributed by atoms with Crippen molar-refractivity contribution in [1.82, 2.24) is 5.32 Å². The van der Waals surface area contributed by atoms with Crippen LogP contribution in [0.2, 0.25) is 0 Å². The summed E-state index contributed by atoms with van der Waals surface area (Å²) in [6.45, 7) is 0. The molecule has 0 radical (unpaired) electrons. The highest BCUT2D eigenvalue weighted by molar-refractivity contribution is 6.27. The van der Waals surface area contributed by atoms with Gasteiger partial charge in [-0.1, -0.05) is 37.1 Å². The molecule has 1 N–H and O–H groups in total. The van der Waals surface area contributed by atoms with Crippen molar-refractivity contribution in [3.63, 3.8) is 0 Å². The van der Waals surface area contributed by atoms with E-state index in [9.17, 15) is 9.59 Å². The molecular formula is C16H15NO2. The van der Waals surface area contributed by atoms with Crippen LogP contribution in [-0.2, 0) is 0 Å². The molecule has 4 rings (SSSR count). The Labute approximate surface area is 111 Å². The lowest BCUT2D eigenvalue weighted by atomic mass is 9.77. The predicted octanol–water partition coefficient (Wildman–Crippen LogP) is 2.48. The van der Waals surface area contributed by atoms with Gasteiger partial charge in [0.15, 0.2) is 5.78 Å². The zero-order chi connectivity index (χ0) is 13.0. The van der Waals surface area contributed by atoms with Crippen molar-refractivity contribution >= 4 is 11.6 Å². The van der Waals surface area contributed by atoms with E-state index >= 15 is 0 Å². The number of nitrogens with one attached hydrogen (secondary N) is 1. The topological polar surface area (TPSA) is 46.2 Å². The molecule has 1 aromatic carbocycles. The number of fused-ring (bicyclic) bond motifs is 3. The Hall–Kier alpha value is -1.90. The van der Waals surface area contributed by atoms with Gasteiger partial charge in [-0.2, -0.15) is 0 Å². The van der Waals surface area contributed by atoms with Crippen LogP contribution in [0.15, 0.2) is 35.5 Å². The van der Waals surface area contributed by atoms with Crippen LogP contribution in [0.3, 0.4) is 0 Å². The Balaban J connectivity index is 1.86. The molecule has 0 amide bonds. The molecule has 1 heterocycles. The van der Waals surface area contributed by atoms with Gasteiger partial charge in [0, 0.05) is 28.7 Å². The fourth-order valence-electron chi connectivity index (χ4n) is 3.73. The monoisotopic (exact) mass is 253 g/mol. The molecule has 19 heavy (non-hydrogen) atoms. The van der Waals surface area contributed by atoms with E-state index in [2.05, 4.69) is 5.32 Å². The van der Waals surface area contributed by atoms with Gasteiger partial charge >= 0.3 is 0 Å². The summed E-state index contributed by atoms with van der Waals surface area (Å²) >= 11 is 0. The Morgan fingerprint density at radius 3 is 2.42 bits per heavy atom. The number of rotatable bonds is 0. The normalized spacial score (nSPS) is 28.6. The van der Waals surface area contributed by atoms with Gasteiger partial charge < -0.3 is 5.32 Å². The van der Waals surface area contributed by atoms with Crippen molar-refractivity contribution in [3.05, 3.63) is 46.7 Å². The smallest absolute Gasteiger partial charge is 0.210 e. The number of hydrogen-bond donors (Lipinski definition) is 1. The molecule has 1 aliphatic heterocycles. The zero-order valence-corrected chi connectivity index (χ0v) is 10.6. The van der Waals surface area contributed by atoms with Gasteiger partial charge in [0.05, 0.1) is 5.70 Å². The van der Waals surface area contributed by atoms with Crippen molar-refractivity contribution in [2.45, 2.75) is 31.7 Å². The summed E-state index contributed by atoms with van der Waals surface area (Å²) in [4.78, 5) is 25.2. The zero-order valence-electron chi connectivity index (χ0n) is 10.6. The summed E-state index contributed by atoms with van der Waals surface area (Å²) < 4.78 is 0. The Bertz CT molecular complexity index is 629. The largest absolute Gasteiger partial charge is 0.378 e. The maximum absolute atomic E-state index is 12.6. The summed E-state index contributed by atoms with van der Waals surface area (Å²) in [5.41, 5.74) is 2.48. The van der Waals surface area contributed by atoms with Gasteiger partial charge in [-0.05, 0) is 12.8 Å². The van der Waals surface area contributed by atoms with Crippen LogP contribution in [-0.4, -0.2) is 17.6 Å². The number of benzene rings is 1. The van der Waals surface area contributed by atoms with Crippen molar-refractivity contribution in [3.8, 4) is 0 Å². The molecular weight excluding hydrogens is 238 g/mol. The summed E-state index contributed by atoms with van der Waals surface area (Å²) in [5.74, 6) is 0.306. The van der Waals surface area contributed by atoms with Crippen molar-refractivity contribution in [2.75, 3.05) is 0 Å². The van der Waals surface area contributed by atoms with E-state index in [1.54, 1.807) is 12.1 Å². The third-order valence-corrected chi connectivity index (χ3v) is 4.62. The van der Waals surface area contributed by atoms with Crippen LogP contribution in [0.5, 0.6) is 0 Å². The molecule has 96 valence electrons. The van der Waals surface area contributed by atoms with Gasteiger partial charge in [0.2, 0.25) is 5.78 Å². The van der Waals surface area contributed by atoms with Crippen LogP contribution < -0.4 is 5.32 Å². The Morgan fingerprint density at radius 2 is 1.63 bits per heavy atom. The van der Waals surface area contributed by atoms with Gasteiger partial charge in [0.1, 0.15) is 0 Å². The molecule has 3 heteroatoms. The molecule has 1 saturated carbocycles. The average Bonchev–Trinajstić information content (AvgIpc) is 2.84.